The molecule has 0 saturated carbocycles. The zero-order valence-corrected chi connectivity index (χ0v) is 15.0. The van der Waals surface area contributed by atoms with Gasteiger partial charge in [0.2, 0.25) is 11.8 Å². The van der Waals surface area contributed by atoms with Crippen molar-refractivity contribution in [1.29, 1.82) is 0 Å². The normalized spacial score (nSPS) is 10.7. The molecule has 136 valence electrons. The highest BCUT2D eigenvalue weighted by Gasteiger charge is 2.09. The first-order valence-corrected chi connectivity index (χ1v) is 8.00. The van der Waals surface area contributed by atoms with Crippen LogP contribution in [0.1, 0.15) is 21.6 Å². The number of amides is 3. The number of nitrogens with zero attached hydrogens (tertiary/aromatic N) is 2. The maximum atomic E-state index is 12.0. The summed E-state index contributed by atoms with van der Waals surface area (Å²) in [6.07, 6.45) is 2.94. The second-order valence-corrected chi connectivity index (χ2v) is 5.82. The topological polar surface area (TPSA) is 119 Å². The van der Waals surface area contributed by atoms with Crippen molar-refractivity contribution in [2.45, 2.75) is 6.92 Å². The van der Waals surface area contributed by atoms with Crippen LogP contribution in [0.3, 0.4) is 0 Å². The van der Waals surface area contributed by atoms with Gasteiger partial charge in [-0.25, -0.2) is 0 Å². The maximum Gasteiger partial charge on any atom is 0.251 e. The number of aromatic nitrogens is 2. The van der Waals surface area contributed by atoms with Gasteiger partial charge in [0.1, 0.15) is 5.15 Å². The van der Waals surface area contributed by atoms with Gasteiger partial charge in [-0.1, -0.05) is 11.6 Å². The summed E-state index contributed by atoms with van der Waals surface area (Å²) in [5.41, 5.74) is 7.21. The zero-order chi connectivity index (χ0) is 19.3. The fraction of sp³-hybridized carbons (Fsp3) is 0.176. The minimum absolute atomic E-state index is 0.238. The van der Waals surface area contributed by atoms with Crippen molar-refractivity contribution < 1.29 is 14.4 Å². The number of anilines is 1. The number of halogens is 1. The Morgan fingerprint density at radius 1 is 1.27 bits per heavy atom. The molecule has 9 heteroatoms. The number of rotatable bonds is 6. The van der Waals surface area contributed by atoms with Gasteiger partial charge in [0.05, 0.1) is 12.2 Å². The van der Waals surface area contributed by atoms with Gasteiger partial charge < -0.3 is 16.4 Å². The van der Waals surface area contributed by atoms with Gasteiger partial charge in [-0.05, 0) is 37.3 Å². The average Bonchev–Trinajstić information content (AvgIpc) is 2.83. The summed E-state index contributed by atoms with van der Waals surface area (Å²) in [6, 6.07) is 6.20. The summed E-state index contributed by atoms with van der Waals surface area (Å²) in [6.45, 7) is 1.56. The van der Waals surface area contributed by atoms with Gasteiger partial charge >= 0.3 is 0 Å². The van der Waals surface area contributed by atoms with Gasteiger partial charge in [-0.2, -0.15) is 5.10 Å². The molecular formula is C17H18ClN5O3. The summed E-state index contributed by atoms with van der Waals surface area (Å²) in [4.78, 5) is 34.4. The number of hydrogen-bond donors (Lipinski definition) is 3. The Bertz CT molecular complexity index is 871. The van der Waals surface area contributed by atoms with Crippen molar-refractivity contribution in [2.75, 3.05) is 11.9 Å². The fourth-order valence-corrected chi connectivity index (χ4v) is 2.39. The van der Waals surface area contributed by atoms with Crippen LogP contribution in [-0.4, -0.2) is 34.0 Å². The minimum Gasteiger partial charge on any atom is -0.368 e. The molecule has 8 nitrogen and oxygen atoms in total. The Balaban J connectivity index is 1.98. The van der Waals surface area contributed by atoms with E-state index >= 15 is 0 Å². The molecule has 1 aromatic carbocycles. The molecule has 4 N–H and O–H groups in total. The Hall–Kier alpha value is -3.13. The molecule has 0 spiro atoms. The molecule has 0 saturated heterocycles. The summed E-state index contributed by atoms with van der Waals surface area (Å²) < 4.78 is 1.52. The first-order chi connectivity index (χ1) is 12.3. The third-order valence-corrected chi connectivity index (χ3v) is 3.88. The lowest BCUT2D eigenvalue weighted by Gasteiger charge is -2.05. The largest absolute Gasteiger partial charge is 0.368 e. The zero-order valence-electron chi connectivity index (χ0n) is 14.2. The lowest BCUT2D eigenvalue weighted by molar-refractivity contribution is -0.117. The van der Waals surface area contributed by atoms with Gasteiger partial charge in [-0.3, -0.25) is 19.1 Å². The summed E-state index contributed by atoms with van der Waals surface area (Å²) in [7, 11) is 1.72. The molecule has 0 bridgehead atoms. The first kappa shape index (κ1) is 19.2. The Labute approximate surface area is 155 Å². The summed E-state index contributed by atoms with van der Waals surface area (Å²) in [5, 5.41) is 9.65. The monoisotopic (exact) mass is 375 g/mol. The smallest absolute Gasteiger partial charge is 0.251 e. The van der Waals surface area contributed by atoms with E-state index in [1.54, 1.807) is 32.2 Å². The molecule has 0 aliphatic carbocycles. The van der Waals surface area contributed by atoms with E-state index in [1.807, 2.05) is 0 Å². The van der Waals surface area contributed by atoms with Crippen LogP contribution in [0.2, 0.25) is 5.15 Å². The maximum absolute atomic E-state index is 12.0. The van der Waals surface area contributed by atoms with Crippen LogP contribution in [0, 0.1) is 6.92 Å². The lowest BCUT2D eigenvalue weighted by atomic mass is 10.2. The van der Waals surface area contributed by atoms with Crippen molar-refractivity contribution >= 4 is 41.1 Å². The van der Waals surface area contributed by atoms with E-state index in [9.17, 15) is 14.4 Å². The summed E-state index contributed by atoms with van der Waals surface area (Å²) in [5.74, 6) is -1.41. The predicted molar refractivity (Wildman–Crippen MR) is 98.6 cm³/mol. The van der Waals surface area contributed by atoms with Gasteiger partial charge in [-0.15, -0.1) is 0 Å². The summed E-state index contributed by atoms with van der Waals surface area (Å²) >= 11 is 6.10. The molecule has 3 amide bonds. The number of benzene rings is 1. The highest BCUT2D eigenvalue weighted by atomic mass is 35.5. The molecule has 2 rings (SSSR count). The van der Waals surface area contributed by atoms with Crippen molar-refractivity contribution in [2.24, 2.45) is 12.8 Å². The first-order valence-electron chi connectivity index (χ1n) is 7.62. The van der Waals surface area contributed by atoms with Crippen LogP contribution in [0.25, 0.3) is 6.08 Å². The standard InChI is InChI=1S/C17H18ClN5O3/c1-10-13(16(18)23(2)22-10)7-8-15(25)21-12-5-3-11(4-6-12)17(26)20-9-14(19)24/h3-8H,9H2,1-2H3,(H2,19,24)(H,20,26)(H,21,25)/b8-7+. The van der Waals surface area contributed by atoms with Crippen molar-refractivity contribution in [3.63, 3.8) is 0 Å². The highest BCUT2D eigenvalue weighted by molar-refractivity contribution is 6.31. The molecule has 0 radical (unpaired) electrons. The van der Waals surface area contributed by atoms with Gasteiger partial charge in [0.15, 0.2) is 0 Å². The van der Waals surface area contributed by atoms with E-state index in [1.165, 1.54) is 22.9 Å². The lowest BCUT2D eigenvalue weighted by Crippen LogP contribution is -2.33. The highest BCUT2D eigenvalue weighted by Crippen LogP contribution is 2.20. The molecular weight excluding hydrogens is 358 g/mol. The van der Waals surface area contributed by atoms with E-state index in [2.05, 4.69) is 15.7 Å². The Morgan fingerprint density at radius 2 is 1.92 bits per heavy atom. The second-order valence-electron chi connectivity index (χ2n) is 5.46. The van der Waals surface area contributed by atoms with E-state index in [4.69, 9.17) is 17.3 Å². The predicted octanol–water partition coefficient (Wildman–Crippen LogP) is 1.25. The number of aryl methyl sites for hydroxylation is 2. The molecule has 1 heterocycles. The van der Waals surface area contributed by atoms with Gasteiger partial charge in [0, 0.05) is 29.9 Å². The Morgan fingerprint density at radius 3 is 2.46 bits per heavy atom. The van der Waals surface area contributed by atoms with E-state index in [0.29, 0.717) is 27.7 Å². The molecule has 1 aromatic heterocycles. The SMILES string of the molecule is Cc1nn(C)c(Cl)c1/C=C/C(=O)Nc1ccc(C(=O)NCC(N)=O)cc1. The molecule has 0 atom stereocenters. The number of nitrogens with two attached hydrogens (primary N) is 1. The van der Waals surface area contributed by atoms with E-state index in [-0.39, 0.29) is 12.5 Å². The van der Waals surface area contributed by atoms with E-state index < -0.39 is 11.8 Å². The van der Waals surface area contributed by atoms with Crippen LogP contribution in [-0.2, 0) is 16.6 Å². The Kier molecular flexibility index (Phi) is 6.13. The number of carbonyl (C=O) groups is 3. The molecule has 0 aliphatic heterocycles. The molecule has 0 fully saturated rings. The number of nitrogens with one attached hydrogen (secondary N) is 2. The minimum atomic E-state index is -0.627. The van der Waals surface area contributed by atoms with Crippen LogP contribution in [0.15, 0.2) is 30.3 Å². The van der Waals surface area contributed by atoms with Crippen molar-refractivity contribution in [3.05, 3.63) is 52.3 Å². The average molecular weight is 376 g/mol. The van der Waals surface area contributed by atoms with E-state index in [0.717, 1.165) is 0 Å². The molecule has 0 unspecified atom stereocenters. The third kappa shape index (κ3) is 4.93. The van der Waals surface area contributed by atoms with Crippen LogP contribution in [0.5, 0.6) is 0 Å². The second kappa shape index (κ2) is 8.30. The number of carbonyl (C=O) groups excluding carboxylic acids is 3. The fourth-order valence-electron chi connectivity index (χ4n) is 2.15. The number of primary amides is 1. The third-order valence-electron chi connectivity index (χ3n) is 3.44. The van der Waals surface area contributed by atoms with Crippen LogP contribution < -0.4 is 16.4 Å². The van der Waals surface area contributed by atoms with Crippen LogP contribution in [0.4, 0.5) is 5.69 Å². The van der Waals surface area contributed by atoms with Crippen LogP contribution >= 0.6 is 11.6 Å². The van der Waals surface area contributed by atoms with Crippen molar-refractivity contribution in [1.82, 2.24) is 15.1 Å². The van der Waals surface area contributed by atoms with Crippen molar-refractivity contribution in [3.8, 4) is 0 Å². The quantitative estimate of drug-likeness (QED) is 0.658. The van der Waals surface area contributed by atoms with Gasteiger partial charge in [0.25, 0.3) is 5.91 Å². The molecule has 0 aliphatic rings. The molecule has 2 aromatic rings. The molecule has 26 heavy (non-hydrogen) atoms. The number of hydrogen-bond acceptors (Lipinski definition) is 4.